The second-order valence-electron chi connectivity index (χ2n) is 3.48. The van der Waals surface area contributed by atoms with Gasteiger partial charge in [0.2, 0.25) is 0 Å². The molecule has 0 aromatic carbocycles. The molecule has 0 bridgehead atoms. The zero-order chi connectivity index (χ0) is 12.1. The van der Waals surface area contributed by atoms with Gasteiger partial charge in [-0.2, -0.15) is 0 Å². The van der Waals surface area contributed by atoms with Crippen LogP contribution in [0.1, 0.15) is 12.6 Å². The molecule has 0 amide bonds. The van der Waals surface area contributed by atoms with E-state index in [1.54, 1.807) is 18.5 Å². The van der Waals surface area contributed by atoms with E-state index in [0.717, 1.165) is 5.69 Å². The van der Waals surface area contributed by atoms with Crippen LogP contribution in [0.15, 0.2) is 18.3 Å². The smallest absolute Gasteiger partial charge is 0.122 e. The summed E-state index contributed by atoms with van der Waals surface area (Å²) < 4.78 is 11.2. The van der Waals surface area contributed by atoms with Gasteiger partial charge < -0.3 is 11.1 Å². The average molecular weight is 257 g/mol. The van der Waals surface area contributed by atoms with Gasteiger partial charge in [0.25, 0.3) is 0 Å². The van der Waals surface area contributed by atoms with E-state index in [2.05, 4.69) is 10.3 Å². The first-order chi connectivity index (χ1) is 7.50. The summed E-state index contributed by atoms with van der Waals surface area (Å²) in [6.45, 7) is 2.57. The Morgan fingerprint density at radius 2 is 2.44 bits per heavy atom. The number of thiocarbonyl (C=S) groups is 1. The van der Waals surface area contributed by atoms with Gasteiger partial charge in [-0.1, -0.05) is 12.2 Å². The Balaban J connectivity index is 2.64. The maximum atomic E-state index is 11.2. The lowest BCUT2D eigenvalue weighted by Crippen LogP contribution is -2.21. The third kappa shape index (κ3) is 3.86. The van der Waals surface area contributed by atoms with E-state index < -0.39 is 10.8 Å². The molecular formula is C10H15N3OS2. The van der Waals surface area contributed by atoms with Crippen LogP contribution in [0.3, 0.4) is 0 Å². The molecule has 2 unspecified atom stereocenters. The van der Waals surface area contributed by atoms with Crippen LogP contribution >= 0.6 is 12.2 Å². The van der Waals surface area contributed by atoms with Crippen molar-refractivity contribution in [2.45, 2.75) is 12.2 Å². The molecule has 0 aliphatic rings. The summed E-state index contributed by atoms with van der Waals surface area (Å²) >= 11 is 4.84. The molecule has 88 valence electrons. The minimum Gasteiger partial charge on any atom is -0.388 e. The van der Waals surface area contributed by atoms with Crippen LogP contribution in [-0.4, -0.2) is 32.2 Å². The quantitative estimate of drug-likeness (QED) is 0.767. The molecule has 16 heavy (non-hydrogen) atoms. The molecule has 1 rings (SSSR count). The Bertz CT molecular complexity index is 409. The monoisotopic (exact) mass is 257 g/mol. The van der Waals surface area contributed by atoms with Crippen molar-refractivity contribution < 1.29 is 4.21 Å². The zero-order valence-corrected chi connectivity index (χ0v) is 10.9. The first kappa shape index (κ1) is 13.1. The second-order valence-corrected chi connectivity index (χ2v) is 5.73. The predicted molar refractivity (Wildman–Crippen MR) is 72.1 cm³/mol. The van der Waals surface area contributed by atoms with E-state index in [-0.39, 0.29) is 10.2 Å². The fraction of sp³-hybridized carbons (Fsp3) is 0.400. The number of aromatic nitrogens is 1. The topological polar surface area (TPSA) is 68.0 Å². The summed E-state index contributed by atoms with van der Waals surface area (Å²) in [6.07, 6.45) is 3.34. The number of pyridine rings is 1. The molecule has 0 fully saturated rings. The fourth-order valence-corrected chi connectivity index (χ4v) is 1.48. The summed E-state index contributed by atoms with van der Waals surface area (Å²) in [5.74, 6) is 0. The Kier molecular flexibility index (Phi) is 4.82. The van der Waals surface area contributed by atoms with E-state index in [1.165, 1.54) is 0 Å². The highest BCUT2D eigenvalue weighted by Gasteiger charge is 2.06. The maximum absolute atomic E-state index is 11.2. The van der Waals surface area contributed by atoms with Gasteiger partial charge in [0, 0.05) is 40.7 Å². The molecule has 4 nitrogen and oxygen atoms in total. The lowest BCUT2D eigenvalue weighted by molar-refractivity contribution is 0.679. The molecule has 0 radical (unpaired) electrons. The van der Waals surface area contributed by atoms with Crippen LogP contribution in [-0.2, 0) is 10.8 Å². The summed E-state index contributed by atoms with van der Waals surface area (Å²) in [7, 11) is -0.827. The van der Waals surface area contributed by atoms with Gasteiger partial charge >= 0.3 is 0 Å². The lowest BCUT2D eigenvalue weighted by Gasteiger charge is -2.11. The van der Waals surface area contributed by atoms with E-state index >= 15 is 0 Å². The maximum Gasteiger partial charge on any atom is 0.122 e. The fourth-order valence-electron chi connectivity index (χ4n) is 1.05. The third-order valence-corrected chi connectivity index (χ3v) is 3.68. The van der Waals surface area contributed by atoms with Gasteiger partial charge in [0.05, 0.1) is 5.69 Å². The number of hydrogen-bond acceptors (Lipinski definition) is 4. The molecule has 1 heterocycles. The first-order valence-electron chi connectivity index (χ1n) is 4.82. The van der Waals surface area contributed by atoms with E-state index in [4.69, 9.17) is 18.0 Å². The van der Waals surface area contributed by atoms with E-state index in [9.17, 15) is 4.21 Å². The van der Waals surface area contributed by atoms with E-state index in [1.807, 2.05) is 13.0 Å². The number of nitrogens with zero attached hydrogens (tertiary/aromatic N) is 1. The third-order valence-electron chi connectivity index (χ3n) is 2.17. The molecule has 2 atom stereocenters. The number of nitrogens with one attached hydrogen (secondary N) is 1. The number of nitrogens with two attached hydrogens (primary N) is 1. The van der Waals surface area contributed by atoms with Crippen LogP contribution in [0.2, 0.25) is 0 Å². The molecule has 0 saturated heterocycles. The van der Waals surface area contributed by atoms with Crippen molar-refractivity contribution in [1.29, 1.82) is 0 Å². The minimum atomic E-state index is -0.827. The van der Waals surface area contributed by atoms with Gasteiger partial charge in [0.1, 0.15) is 4.99 Å². The molecule has 0 saturated carbocycles. The molecule has 0 aliphatic carbocycles. The van der Waals surface area contributed by atoms with Crippen molar-refractivity contribution in [3.8, 4) is 0 Å². The van der Waals surface area contributed by atoms with Crippen LogP contribution in [0, 0.1) is 0 Å². The number of rotatable bonds is 5. The first-order valence-corrected chi connectivity index (χ1v) is 6.85. The summed E-state index contributed by atoms with van der Waals surface area (Å²) in [6, 6.07) is 3.61. The van der Waals surface area contributed by atoms with Gasteiger partial charge in [-0.15, -0.1) is 0 Å². The molecule has 1 aromatic rings. The van der Waals surface area contributed by atoms with Crippen molar-refractivity contribution in [3.05, 3.63) is 24.0 Å². The highest BCUT2D eigenvalue weighted by molar-refractivity contribution is 7.84. The molecule has 0 aliphatic heterocycles. The van der Waals surface area contributed by atoms with Crippen molar-refractivity contribution in [3.63, 3.8) is 0 Å². The molecule has 6 heteroatoms. The van der Waals surface area contributed by atoms with Gasteiger partial charge in [-0.05, 0) is 19.1 Å². The Morgan fingerprint density at radius 1 is 1.75 bits per heavy atom. The van der Waals surface area contributed by atoms with Gasteiger partial charge in [0.15, 0.2) is 0 Å². The normalized spacial score (nSPS) is 14.1. The van der Waals surface area contributed by atoms with Gasteiger partial charge in [-0.25, -0.2) is 0 Å². The Hall–Kier alpha value is -1.01. The van der Waals surface area contributed by atoms with Crippen molar-refractivity contribution in [2.24, 2.45) is 5.73 Å². The van der Waals surface area contributed by atoms with Crippen molar-refractivity contribution in [2.75, 3.05) is 18.1 Å². The largest absolute Gasteiger partial charge is 0.388 e. The minimum absolute atomic E-state index is 0.0986. The van der Waals surface area contributed by atoms with E-state index in [0.29, 0.717) is 12.2 Å². The average Bonchev–Trinajstić information content (AvgIpc) is 2.26. The second kappa shape index (κ2) is 5.91. The number of anilines is 1. The van der Waals surface area contributed by atoms with Crippen LogP contribution in [0.5, 0.6) is 0 Å². The Labute approximate surface area is 103 Å². The zero-order valence-electron chi connectivity index (χ0n) is 9.27. The summed E-state index contributed by atoms with van der Waals surface area (Å²) in [5.41, 5.74) is 6.95. The summed E-state index contributed by atoms with van der Waals surface area (Å²) in [4.78, 5) is 4.31. The lowest BCUT2D eigenvalue weighted by atomic mass is 10.3. The molecule has 3 N–H and O–H groups in total. The van der Waals surface area contributed by atoms with Crippen molar-refractivity contribution in [1.82, 2.24) is 4.98 Å². The Morgan fingerprint density at radius 3 is 3.00 bits per heavy atom. The SMILES string of the molecule is CC(CNc1ccnc(C(N)=S)c1)S(C)=O. The predicted octanol–water partition coefficient (Wildman–Crippen LogP) is 0.895. The van der Waals surface area contributed by atoms with Crippen LogP contribution in [0.4, 0.5) is 5.69 Å². The molecular weight excluding hydrogens is 242 g/mol. The summed E-state index contributed by atoms with van der Waals surface area (Å²) in [5, 5.41) is 3.27. The highest BCUT2D eigenvalue weighted by Crippen LogP contribution is 2.08. The standard InChI is InChI=1S/C10H15N3OS2/c1-7(16(2)14)6-13-8-3-4-12-9(5-8)10(11)15/h3-5,7H,6H2,1-2H3,(H2,11,15)(H,12,13). The highest BCUT2D eigenvalue weighted by atomic mass is 32.2. The van der Waals surface area contributed by atoms with Crippen LogP contribution < -0.4 is 11.1 Å². The molecule has 0 spiro atoms. The van der Waals surface area contributed by atoms with Crippen molar-refractivity contribution >= 4 is 33.7 Å². The molecule has 1 aromatic heterocycles. The van der Waals surface area contributed by atoms with Gasteiger partial charge in [-0.3, -0.25) is 9.19 Å². The number of hydrogen-bond donors (Lipinski definition) is 2. The van der Waals surface area contributed by atoms with Crippen LogP contribution in [0.25, 0.3) is 0 Å².